The molecule has 174 valence electrons. The minimum atomic E-state index is -2.55. The molecule has 0 bridgehead atoms. The van der Waals surface area contributed by atoms with Crippen LogP contribution in [0.5, 0.6) is 0 Å². The number of halogens is 2. The first kappa shape index (κ1) is 23.2. The van der Waals surface area contributed by atoms with Gasteiger partial charge >= 0.3 is 0 Å². The predicted octanol–water partition coefficient (Wildman–Crippen LogP) is 4.48. The predicted molar refractivity (Wildman–Crippen MR) is 129 cm³/mol. The minimum absolute atomic E-state index is 0.528. The van der Waals surface area contributed by atoms with Crippen molar-refractivity contribution in [1.29, 1.82) is 0 Å². The lowest BCUT2D eigenvalue weighted by atomic mass is 9.93. The molecule has 2 heterocycles. The number of nitrogens with zero attached hydrogens (tertiary/aromatic N) is 5. The van der Waals surface area contributed by atoms with Crippen LogP contribution in [0.25, 0.3) is 39.0 Å². The van der Waals surface area contributed by atoms with Crippen LogP contribution in [-0.2, 0) is 6.54 Å². The van der Waals surface area contributed by atoms with E-state index >= 15 is 0 Å². The standard InChI is InChI=1S/C25H24F2N6O/c1-15(34)18-8-20-22(9-19(18)17(10-28)11-29-2)30-14-31-25(20)21-12-33(13-23(26)27)32-24(21)16-6-4-3-5-7-16/h3-12,14-15,23,34H,13,28H2,1-2H3/b17-10+,29-11?. The Kier molecular flexibility index (Phi) is 6.74. The van der Waals surface area contributed by atoms with Crippen LogP contribution in [0.1, 0.15) is 24.2 Å². The molecular weight excluding hydrogens is 438 g/mol. The fourth-order valence-corrected chi connectivity index (χ4v) is 3.91. The van der Waals surface area contributed by atoms with E-state index in [1.165, 1.54) is 17.2 Å². The van der Waals surface area contributed by atoms with Crippen LogP contribution in [0.15, 0.2) is 66.2 Å². The van der Waals surface area contributed by atoms with Gasteiger partial charge in [0.25, 0.3) is 6.43 Å². The van der Waals surface area contributed by atoms with Gasteiger partial charge in [0.15, 0.2) is 0 Å². The molecular formula is C25H24F2N6O. The van der Waals surface area contributed by atoms with Crippen molar-refractivity contribution in [3.8, 4) is 22.5 Å². The molecule has 0 amide bonds. The van der Waals surface area contributed by atoms with E-state index in [-0.39, 0.29) is 0 Å². The number of aliphatic hydroxyl groups excluding tert-OH is 1. The van der Waals surface area contributed by atoms with Gasteiger partial charge < -0.3 is 10.8 Å². The second-order valence-electron chi connectivity index (χ2n) is 7.73. The Morgan fingerprint density at radius 3 is 2.59 bits per heavy atom. The molecule has 2 aromatic carbocycles. The molecule has 0 aliphatic rings. The Bertz CT molecular complexity index is 1360. The van der Waals surface area contributed by atoms with E-state index in [1.54, 1.807) is 32.4 Å². The van der Waals surface area contributed by atoms with E-state index in [0.717, 1.165) is 5.56 Å². The number of rotatable bonds is 7. The smallest absolute Gasteiger partial charge is 0.257 e. The summed E-state index contributed by atoms with van der Waals surface area (Å²) >= 11 is 0. The SMILES string of the molecule is CN=C/C(=C\N)c1cc2ncnc(-c3cn(CC(F)F)nc3-c3ccccc3)c2cc1C(C)O. The number of benzene rings is 2. The lowest BCUT2D eigenvalue weighted by molar-refractivity contribution is 0.122. The molecule has 34 heavy (non-hydrogen) atoms. The van der Waals surface area contributed by atoms with Crippen LogP contribution in [0.3, 0.4) is 0 Å². The average molecular weight is 463 g/mol. The Balaban J connectivity index is 1.99. The van der Waals surface area contributed by atoms with Crippen molar-refractivity contribution in [2.45, 2.75) is 26.0 Å². The number of aliphatic hydroxyl groups is 1. The van der Waals surface area contributed by atoms with Crippen LogP contribution >= 0.6 is 0 Å². The summed E-state index contributed by atoms with van der Waals surface area (Å²) < 4.78 is 27.5. The lowest BCUT2D eigenvalue weighted by Gasteiger charge is -2.15. The van der Waals surface area contributed by atoms with Crippen LogP contribution in [0.2, 0.25) is 0 Å². The van der Waals surface area contributed by atoms with Gasteiger partial charge in [-0.25, -0.2) is 18.7 Å². The van der Waals surface area contributed by atoms with Gasteiger partial charge in [0.1, 0.15) is 18.6 Å². The molecule has 0 radical (unpaired) electrons. The number of aliphatic imine (C=N–C) groups is 1. The highest BCUT2D eigenvalue weighted by molar-refractivity contribution is 6.11. The molecule has 4 aromatic rings. The number of alkyl halides is 2. The number of aromatic nitrogens is 4. The maximum atomic E-state index is 13.1. The number of hydrogen-bond acceptors (Lipinski definition) is 6. The first-order valence-electron chi connectivity index (χ1n) is 10.7. The highest BCUT2D eigenvalue weighted by atomic mass is 19.3. The third-order valence-electron chi connectivity index (χ3n) is 5.40. The summed E-state index contributed by atoms with van der Waals surface area (Å²) in [5.41, 5.74) is 10.8. The molecule has 3 N–H and O–H groups in total. The highest BCUT2D eigenvalue weighted by Gasteiger charge is 2.21. The first-order valence-corrected chi connectivity index (χ1v) is 10.7. The zero-order valence-electron chi connectivity index (χ0n) is 18.7. The summed E-state index contributed by atoms with van der Waals surface area (Å²) in [5, 5.41) is 15.6. The number of fused-ring (bicyclic) bond motifs is 1. The van der Waals surface area contributed by atoms with Crippen molar-refractivity contribution in [2.75, 3.05) is 7.05 Å². The second kappa shape index (κ2) is 9.88. The van der Waals surface area contributed by atoms with Gasteiger partial charge in [0, 0.05) is 47.7 Å². The molecule has 4 rings (SSSR count). The van der Waals surface area contributed by atoms with Crippen LogP contribution < -0.4 is 5.73 Å². The Hall–Kier alpha value is -3.98. The van der Waals surface area contributed by atoms with E-state index in [4.69, 9.17) is 5.73 Å². The van der Waals surface area contributed by atoms with Gasteiger partial charge in [-0.3, -0.25) is 9.67 Å². The summed E-state index contributed by atoms with van der Waals surface area (Å²) in [4.78, 5) is 12.9. The fourth-order valence-electron chi connectivity index (χ4n) is 3.91. The number of allylic oxidation sites excluding steroid dienone is 1. The molecule has 0 aliphatic heterocycles. The molecule has 1 atom stereocenters. The molecule has 0 fully saturated rings. The van der Waals surface area contributed by atoms with E-state index in [2.05, 4.69) is 20.1 Å². The van der Waals surface area contributed by atoms with Crippen molar-refractivity contribution in [1.82, 2.24) is 19.7 Å². The summed E-state index contributed by atoms with van der Waals surface area (Å²) in [6.07, 6.45) is 2.65. The van der Waals surface area contributed by atoms with Crippen LogP contribution in [0, 0.1) is 0 Å². The third kappa shape index (κ3) is 4.55. The van der Waals surface area contributed by atoms with Crippen LogP contribution in [0.4, 0.5) is 8.78 Å². The maximum Gasteiger partial charge on any atom is 0.257 e. The minimum Gasteiger partial charge on any atom is -0.404 e. The van der Waals surface area contributed by atoms with Crippen molar-refractivity contribution in [3.05, 3.63) is 72.3 Å². The lowest BCUT2D eigenvalue weighted by Crippen LogP contribution is -2.06. The fraction of sp³-hybridized carbons (Fsp3) is 0.200. The zero-order chi connectivity index (χ0) is 24.2. The van der Waals surface area contributed by atoms with E-state index in [9.17, 15) is 13.9 Å². The van der Waals surface area contributed by atoms with Gasteiger partial charge in [0.2, 0.25) is 0 Å². The molecule has 7 nitrogen and oxygen atoms in total. The Labute approximate surface area is 195 Å². The first-order chi connectivity index (χ1) is 16.4. The van der Waals surface area contributed by atoms with Crippen molar-refractivity contribution in [2.24, 2.45) is 10.7 Å². The molecule has 9 heteroatoms. The maximum absolute atomic E-state index is 13.1. The summed E-state index contributed by atoms with van der Waals surface area (Å²) in [6.45, 7) is 1.12. The average Bonchev–Trinajstić information content (AvgIpc) is 3.24. The van der Waals surface area contributed by atoms with Gasteiger partial charge in [-0.2, -0.15) is 5.10 Å². The van der Waals surface area contributed by atoms with E-state index in [1.807, 2.05) is 36.4 Å². The van der Waals surface area contributed by atoms with Crippen molar-refractivity contribution in [3.63, 3.8) is 0 Å². The normalized spacial score (nSPS) is 13.3. The molecule has 1 unspecified atom stereocenters. The largest absolute Gasteiger partial charge is 0.404 e. The summed E-state index contributed by atoms with van der Waals surface area (Å²) in [5.74, 6) is 0. The second-order valence-corrected chi connectivity index (χ2v) is 7.73. The topological polar surface area (TPSA) is 102 Å². The quantitative estimate of drug-likeness (QED) is 0.394. The van der Waals surface area contributed by atoms with Gasteiger partial charge in [-0.05, 0) is 30.2 Å². The molecule has 0 saturated heterocycles. The molecule has 0 aliphatic carbocycles. The monoisotopic (exact) mass is 462 g/mol. The van der Waals surface area contributed by atoms with Crippen molar-refractivity contribution < 1.29 is 13.9 Å². The number of hydrogen-bond donors (Lipinski definition) is 2. The summed E-state index contributed by atoms with van der Waals surface area (Å²) in [7, 11) is 1.63. The van der Waals surface area contributed by atoms with Gasteiger partial charge in [-0.15, -0.1) is 0 Å². The number of nitrogens with two attached hydrogens (primary N) is 1. The third-order valence-corrected chi connectivity index (χ3v) is 5.40. The van der Waals surface area contributed by atoms with Crippen molar-refractivity contribution >= 4 is 22.7 Å². The van der Waals surface area contributed by atoms with Gasteiger partial charge in [0.05, 0.1) is 17.3 Å². The highest BCUT2D eigenvalue weighted by Crippen LogP contribution is 2.36. The van der Waals surface area contributed by atoms with Crippen LogP contribution in [-0.4, -0.2) is 44.5 Å². The van der Waals surface area contributed by atoms with E-state index < -0.39 is 19.1 Å². The van der Waals surface area contributed by atoms with Gasteiger partial charge in [-0.1, -0.05) is 30.3 Å². The molecule has 0 saturated carbocycles. The Morgan fingerprint density at radius 2 is 1.94 bits per heavy atom. The summed E-state index contributed by atoms with van der Waals surface area (Å²) in [6, 6.07) is 12.9. The molecule has 2 aromatic heterocycles. The zero-order valence-corrected chi connectivity index (χ0v) is 18.7. The molecule has 0 spiro atoms. The Morgan fingerprint density at radius 1 is 1.18 bits per heavy atom. The van der Waals surface area contributed by atoms with E-state index in [0.29, 0.717) is 44.6 Å².